The van der Waals surface area contributed by atoms with E-state index in [0.29, 0.717) is 8.19 Å². The van der Waals surface area contributed by atoms with Crippen molar-refractivity contribution in [3.05, 3.63) is 48.2 Å². The lowest BCUT2D eigenvalue weighted by Gasteiger charge is -1.92. The fourth-order valence-electron chi connectivity index (χ4n) is 1.75. The lowest BCUT2D eigenvalue weighted by Crippen LogP contribution is -1.78. The second-order valence-corrected chi connectivity index (χ2v) is 5.08. The van der Waals surface area contributed by atoms with Crippen LogP contribution in [0.25, 0.3) is 21.8 Å². The average Bonchev–Trinajstić information content (AvgIpc) is 2.73. The van der Waals surface area contributed by atoms with Crippen LogP contribution < -0.4 is 0 Å². The highest BCUT2D eigenvalue weighted by Crippen LogP contribution is 2.33. The smallest absolute Gasteiger partial charge is 0.106 e. The summed E-state index contributed by atoms with van der Waals surface area (Å²) in [6.07, 6.45) is 1.82. The molecule has 0 saturated carbocycles. The first-order valence-corrected chi connectivity index (χ1v) is 6.21. The van der Waals surface area contributed by atoms with E-state index in [1.807, 2.05) is 24.4 Å². The monoisotopic (exact) mass is 226 g/mol. The molecule has 0 fully saturated rings. The van der Waals surface area contributed by atoms with Crippen LogP contribution >= 0.6 is 8.19 Å². The van der Waals surface area contributed by atoms with E-state index in [4.69, 9.17) is 0 Å². The number of rotatable bonds is 1. The molecular weight excluding hydrogens is 215 g/mol. The van der Waals surface area contributed by atoms with E-state index < -0.39 is 0 Å². The van der Waals surface area contributed by atoms with Crippen molar-refractivity contribution in [2.45, 2.75) is 6.92 Å². The number of hydrogen-bond acceptors (Lipinski definition) is 2. The molecule has 0 N–H and O–H groups in total. The molecule has 3 heteroatoms. The van der Waals surface area contributed by atoms with E-state index in [0.717, 1.165) is 16.6 Å². The molecule has 0 aliphatic carbocycles. The highest BCUT2D eigenvalue weighted by molar-refractivity contribution is 7.40. The van der Waals surface area contributed by atoms with Gasteiger partial charge in [0, 0.05) is 11.3 Å². The number of fused-ring (bicyclic) bond motifs is 1. The Bertz CT molecular complexity index is 629. The molecule has 2 heterocycles. The van der Waals surface area contributed by atoms with Crippen molar-refractivity contribution in [3.8, 4) is 11.1 Å². The fraction of sp³-hybridized carbons (Fsp3) is 0.0769. The Morgan fingerprint density at radius 2 is 2.06 bits per heavy atom. The van der Waals surface area contributed by atoms with Crippen LogP contribution in [0.4, 0.5) is 0 Å². The zero-order chi connectivity index (χ0) is 11.0. The van der Waals surface area contributed by atoms with Gasteiger partial charge in [-0.05, 0) is 31.2 Å². The topological polar surface area (TPSA) is 25.8 Å². The van der Waals surface area contributed by atoms with Crippen molar-refractivity contribution >= 4 is 18.8 Å². The molecule has 16 heavy (non-hydrogen) atoms. The van der Waals surface area contributed by atoms with Gasteiger partial charge in [0.05, 0.1) is 11.2 Å². The third-order valence-electron chi connectivity index (χ3n) is 2.54. The molecule has 0 radical (unpaired) electrons. The third-order valence-corrected chi connectivity index (χ3v) is 3.82. The number of benzene rings is 1. The maximum atomic E-state index is 4.63. The molecule has 1 unspecified atom stereocenters. The number of aryl methyl sites for hydroxylation is 1. The second-order valence-electron chi connectivity index (χ2n) is 3.82. The minimum atomic E-state index is 0.632. The summed E-state index contributed by atoms with van der Waals surface area (Å²) in [5, 5.41) is 1.33. The first kappa shape index (κ1) is 9.56. The summed E-state index contributed by atoms with van der Waals surface area (Å²) in [5.41, 5.74) is 4.49. The van der Waals surface area contributed by atoms with Gasteiger partial charge in [-0.1, -0.05) is 17.7 Å². The van der Waals surface area contributed by atoms with Crippen molar-refractivity contribution in [2.75, 3.05) is 0 Å². The maximum Gasteiger partial charge on any atom is 0.106 e. The van der Waals surface area contributed by atoms with Crippen LogP contribution in [0.15, 0.2) is 42.6 Å². The van der Waals surface area contributed by atoms with E-state index in [-0.39, 0.29) is 0 Å². The summed E-state index contributed by atoms with van der Waals surface area (Å²) in [6, 6.07) is 12.4. The second kappa shape index (κ2) is 3.73. The van der Waals surface area contributed by atoms with Gasteiger partial charge in [-0.25, -0.2) is 4.98 Å². The van der Waals surface area contributed by atoms with Gasteiger partial charge in [0.15, 0.2) is 0 Å². The molecule has 78 valence electrons. The molecular formula is C13H11N2P. The number of pyridine rings is 1. The summed E-state index contributed by atoms with van der Waals surface area (Å²) in [4.78, 5) is 8.97. The van der Waals surface area contributed by atoms with Gasteiger partial charge in [-0.3, -0.25) is 4.98 Å². The third kappa shape index (κ3) is 1.62. The lowest BCUT2D eigenvalue weighted by molar-refractivity contribution is 1.31. The van der Waals surface area contributed by atoms with Crippen LogP contribution in [0.3, 0.4) is 0 Å². The van der Waals surface area contributed by atoms with Gasteiger partial charge >= 0.3 is 0 Å². The minimum Gasteiger partial charge on any atom is -0.254 e. The quantitative estimate of drug-likeness (QED) is 0.633. The standard InChI is InChI=1S/C13H11N2P/c1-9-5-6-10-12(8-9)16-13(15-10)11-4-2-3-7-14-11/h2-8,16H,1H3. The molecule has 3 aromatic rings. The molecule has 0 saturated heterocycles. The normalized spacial score (nSPS) is 11.3. The molecule has 2 nitrogen and oxygen atoms in total. The fourth-order valence-corrected chi connectivity index (χ4v) is 3.02. The SMILES string of the molecule is Cc1ccc2nc(-c3ccccn3)[pH]c2c1. The summed E-state index contributed by atoms with van der Waals surface area (Å²) in [6.45, 7) is 2.11. The largest absolute Gasteiger partial charge is 0.254 e. The number of nitrogens with zero attached hydrogens (tertiary/aromatic N) is 2. The summed E-state index contributed by atoms with van der Waals surface area (Å²) in [5.74, 6) is 0. The molecule has 1 aromatic carbocycles. The first-order chi connectivity index (χ1) is 7.83. The Morgan fingerprint density at radius 3 is 2.88 bits per heavy atom. The van der Waals surface area contributed by atoms with Crippen molar-refractivity contribution in [3.63, 3.8) is 0 Å². The van der Waals surface area contributed by atoms with Crippen molar-refractivity contribution in [2.24, 2.45) is 0 Å². The average molecular weight is 226 g/mol. The van der Waals surface area contributed by atoms with Crippen LogP contribution in [0.5, 0.6) is 0 Å². The molecule has 0 aliphatic heterocycles. The Labute approximate surface area is 95.5 Å². The minimum absolute atomic E-state index is 0.632. The summed E-state index contributed by atoms with van der Waals surface area (Å²) in [7, 11) is 0.632. The molecule has 1 atom stereocenters. The Balaban J connectivity index is 2.19. The number of hydrogen-bond donors (Lipinski definition) is 0. The van der Waals surface area contributed by atoms with Crippen LogP contribution in [-0.2, 0) is 0 Å². The zero-order valence-electron chi connectivity index (χ0n) is 8.94. The number of aromatic nitrogens is 2. The van der Waals surface area contributed by atoms with E-state index in [1.54, 1.807) is 0 Å². The summed E-state index contributed by atoms with van der Waals surface area (Å²) >= 11 is 0. The Kier molecular flexibility index (Phi) is 2.23. The maximum absolute atomic E-state index is 4.63. The predicted octanol–water partition coefficient (Wildman–Crippen LogP) is 3.64. The molecule has 0 amide bonds. The van der Waals surface area contributed by atoms with Gasteiger partial charge < -0.3 is 0 Å². The van der Waals surface area contributed by atoms with E-state index in [1.165, 1.54) is 10.7 Å². The highest BCUT2D eigenvalue weighted by atomic mass is 31.0. The van der Waals surface area contributed by atoms with Crippen molar-refractivity contribution in [1.82, 2.24) is 9.97 Å². The first-order valence-electron chi connectivity index (χ1n) is 5.21. The summed E-state index contributed by atoms with van der Waals surface area (Å²) < 4.78 is 0. The zero-order valence-corrected chi connectivity index (χ0v) is 9.94. The van der Waals surface area contributed by atoms with E-state index in [2.05, 4.69) is 35.1 Å². The van der Waals surface area contributed by atoms with Gasteiger partial charge in [-0.2, -0.15) is 0 Å². The van der Waals surface area contributed by atoms with Crippen molar-refractivity contribution in [1.29, 1.82) is 0 Å². The van der Waals surface area contributed by atoms with Gasteiger partial charge in [-0.15, -0.1) is 8.19 Å². The molecule has 0 spiro atoms. The van der Waals surface area contributed by atoms with E-state index >= 15 is 0 Å². The lowest BCUT2D eigenvalue weighted by atomic mass is 10.2. The molecule has 3 rings (SSSR count). The van der Waals surface area contributed by atoms with Gasteiger partial charge in [0.25, 0.3) is 0 Å². The Morgan fingerprint density at radius 1 is 1.12 bits per heavy atom. The van der Waals surface area contributed by atoms with E-state index in [9.17, 15) is 0 Å². The molecule has 0 bridgehead atoms. The van der Waals surface area contributed by atoms with Crippen LogP contribution in [0.1, 0.15) is 5.56 Å². The highest BCUT2D eigenvalue weighted by Gasteiger charge is 2.04. The predicted molar refractivity (Wildman–Crippen MR) is 69.2 cm³/mol. The molecule has 0 aliphatic rings. The van der Waals surface area contributed by atoms with Crippen LogP contribution in [0.2, 0.25) is 0 Å². The van der Waals surface area contributed by atoms with Crippen molar-refractivity contribution < 1.29 is 0 Å². The van der Waals surface area contributed by atoms with Crippen LogP contribution in [-0.4, -0.2) is 9.97 Å². The Hall–Kier alpha value is -1.66. The molecule has 2 aromatic heterocycles. The van der Waals surface area contributed by atoms with Crippen LogP contribution in [0, 0.1) is 6.92 Å². The van der Waals surface area contributed by atoms with Gasteiger partial charge in [0.1, 0.15) is 5.43 Å². The van der Waals surface area contributed by atoms with Gasteiger partial charge in [0.2, 0.25) is 0 Å².